The number of nitrogens with zero attached hydrogens (tertiary/aromatic N) is 9. The largest absolute Gasteiger partial charge is 0.508 e. The fraction of sp³-hybridized carbons (Fsp3) is 0.517. The maximum Gasteiger partial charge on any atom is 0.329 e. The molecule has 0 aliphatic carbocycles. The number of hydrogen-bond donors (Lipinski definition) is 3. The molecule has 392 valence electrons. The van der Waals surface area contributed by atoms with Crippen LogP contribution >= 0.6 is 0 Å². The number of aryl methyl sites for hydroxylation is 2. The zero-order valence-electron chi connectivity index (χ0n) is 42.9. The Morgan fingerprint density at radius 2 is 1.52 bits per heavy atom. The van der Waals surface area contributed by atoms with Gasteiger partial charge in [0.15, 0.2) is 5.82 Å². The molecule has 3 atom stereocenters. The van der Waals surface area contributed by atoms with Crippen molar-refractivity contribution in [3.05, 3.63) is 82.2 Å². The summed E-state index contributed by atoms with van der Waals surface area (Å²) in [6.45, 7) is 10.1. The van der Waals surface area contributed by atoms with Gasteiger partial charge in [0.1, 0.15) is 40.5 Å². The zero-order chi connectivity index (χ0) is 51.5. The van der Waals surface area contributed by atoms with Gasteiger partial charge in [0, 0.05) is 87.5 Å². The van der Waals surface area contributed by atoms with E-state index in [1.165, 1.54) is 69.5 Å². The molecule has 3 aromatic carbocycles. The number of phenolic OH excluding ortho intramolecular Hbond substituents is 1. The number of phenols is 1. The van der Waals surface area contributed by atoms with Gasteiger partial charge in [-0.3, -0.25) is 29.0 Å². The SMILES string of the molecule is C#Cc1c(F)ccc2cc(O)cc(-c3ncc4c(N5CC6CCC(C5)N6)nc(CCCN5CCC(CC6CCN(CC7CCN(c8ccc9c(c8)n(C)c(=O)n9C8CCC(=O)NC8=O)CC7)CC6)CC5)nc4c3F)c12. The molecule has 2 bridgehead atoms. The van der Waals surface area contributed by atoms with Gasteiger partial charge in [0.2, 0.25) is 11.8 Å². The lowest BCUT2D eigenvalue weighted by Gasteiger charge is -2.39. The third-order valence-electron chi connectivity index (χ3n) is 17.7. The van der Waals surface area contributed by atoms with Crippen molar-refractivity contribution in [2.75, 3.05) is 75.2 Å². The smallest absolute Gasteiger partial charge is 0.329 e. The lowest BCUT2D eigenvalue weighted by Crippen LogP contribution is -2.51. The molecule has 6 aromatic rings. The van der Waals surface area contributed by atoms with Gasteiger partial charge in [-0.2, -0.15) is 0 Å². The van der Waals surface area contributed by atoms with Crippen molar-refractivity contribution in [3.63, 3.8) is 0 Å². The van der Waals surface area contributed by atoms with E-state index >= 15 is 8.78 Å². The fourth-order valence-electron chi connectivity index (χ4n) is 13.6. The van der Waals surface area contributed by atoms with Crippen molar-refractivity contribution in [1.29, 1.82) is 0 Å². The van der Waals surface area contributed by atoms with Gasteiger partial charge < -0.3 is 30.0 Å². The Morgan fingerprint density at radius 3 is 2.24 bits per heavy atom. The van der Waals surface area contributed by atoms with Crippen LogP contribution in [0.25, 0.3) is 44.0 Å². The molecule has 17 heteroatoms. The van der Waals surface area contributed by atoms with Gasteiger partial charge in [-0.15, -0.1) is 6.42 Å². The minimum Gasteiger partial charge on any atom is -0.508 e. The van der Waals surface area contributed by atoms with Gasteiger partial charge in [-0.25, -0.2) is 23.5 Å². The summed E-state index contributed by atoms with van der Waals surface area (Å²) in [5, 5.41) is 18.1. The second-order valence-electron chi connectivity index (χ2n) is 22.5. The van der Waals surface area contributed by atoms with Crippen LogP contribution in [0.5, 0.6) is 5.75 Å². The quantitative estimate of drug-likeness (QED) is 0.0850. The first kappa shape index (κ1) is 49.4. The van der Waals surface area contributed by atoms with E-state index in [1.807, 2.05) is 6.07 Å². The molecule has 75 heavy (non-hydrogen) atoms. The summed E-state index contributed by atoms with van der Waals surface area (Å²) in [5.74, 6) is 3.86. The highest BCUT2D eigenvalue weighted by Gasteiger charge is 2.36. The molecule has 2 amide bonds. The highest BCUT2D eigenvalue weighted by molar-refractivity contribution is 6.03. The van der Waals surface area contributed by atoms with E-state index in [0.717, 1.165) is 113 Å². The van der Waals surface area contributed by atoms with Crippen LogP contribution in [0.15, 0.2) is 53.5 Å². The van der Waals surface area contributed by atoms with Gasteiger partial charge >= 0.3 is 5.69 Å². The number of terminal acetylenes is 1. The van der Waals surface area contributed by atoms with Crippen LogP contribution in [0.2, 0.25) is 0 Å². The van der Waals surface area contributed by atoms with Crippen LogP contribution in [0.3, 0.4) is 0 Å². The number of benzene rings is 3. The lowest BCUT2D eigenvalue weighted by molar-refractivity contribution is -0.135. The molecule has 6 aliphatic rings. The second kappa shape index (κ2) is 20.6. The predicted molar refractivity (Wildman–Crippen MR) is 287 cm³/mol. The Hall–Kier alpha value is -6.48. The maximum atomic E-state index is 17.1. The molecule has 3 unspecified atom stereocenters. The van der Waals surface area contributed by atoms with Gasteiger partial charge in [0.25, 0.3) is 0 Å². The lowest BCUT2D eigenvalue weighted by atomic mass is 9.82. The number of carbonyl (C=O) groups excluding carboxylic acids is 2. The number of imide groups is 1. The number of amides is 2. The first-order chi connectivity index (χ1) is 36.4. The highest BCUT2D eigenvalue weighted by atomic mass is 19.1. The minimum atomic E-state index is -0.685. The van der Waals surface area contributed by atoms with E-state index in [-0.39, 0.29) is 46.1 Å². The summed E-state index contributed by atoms with van der Waals surface area (Å²) < 4.78 is 35.3. The zero-order valence-corrected chi connectivity index (χ0v) is 42.9. The summed E-state index contributed by atoms with van der Waals surface area (Å²) in [4.78, 5) is 62.3. The Balaban J connectivity index is 0.625. The summed E-state index contributed by atoms with van der Waals surface area (Å²) >= 11 is 0. The number of aromatic hydroxyl groups is 1. The van der Waals surface area contributed by atoms with Crippen molar-refractivity contribution in [3.8, 4) is 29.4 Å². The van der Waals surface area contributed by atoms with E-state index in [9.17, 15) is 19.5 Å². The Labute approximate surface area is 435 Å². The minimum absolute atomic E-state index is 0.0102. The molecule has 6 saturated heterocycles. The van der Waals surface area contributed by atoms with Crippen molar-refractivity contribution in [1.82, 2.24) is 44.5 Å². The van der Waals surface area contributed by atoms with Crippen molar-refractivity contribution in [2.24, 2.45) is 24.8 Å². The normalized spacial score (nSPS) is 22.7. The van der Waals surface area contributed by atoms with Crippen LogP contribution in [-0.4, -0.2) is 128 Å². The Morgan fingerprint density at radius 1 is 0.800 bits per heavy atom. The number of piperidine rings is 4. The van der Waals surface area contributed by atoms with Crippen molar-refractivity contribution in [2.45, 2.75) is 102 Å². The first-order valence-electron chi connectivity index (χ1n) is 27.5. The number of pyridine rings is 1. The van der Waals surface area contributed by atoms with Crippen LogP contribution in [0, 0.1) is 41.7 Å². The third kappa shape index (κ3) is 9.74. The number of piperazine rings is 1. The van der Waals surface area contributed by atoms with E-state index in [2.05, 4.69) is 53.3 Å². The number of nitrogens with one attached hydrogen (secondary N) is 2. The molecule has 0 spiro atoms. The average Bonchev–Trinajstić information content (AvgIpc) is 3.89. The molecule has 15 nitrogen and oxygen atoms in total. The molecule has 0 radical (unpaired) electrons. The van der Waals surface area contributed by atoms with E-state index in [4.69, 9.17) is 16.4 Å². The number of anilines is 2. The Bertz CT molecular complexity index is 3280. The maximum absolute atomic E-state index is 17.1. The molecule has 6 fully saturated rings. The van der Waals surface area contributed by atoms with Crippen molar-refractivity contribution < 1.29 is 23.5 Å². The molecular formula is C58H67F2N11O4. The predicted octanol–water partition coefficient (Wildman–Crippen LogP) is 7.05. The molecule has 0 saturated carbocycles. The molecule has 3 aromatic heterocycles. The van der Waals surface area contributed by atoms with E-state index < -0.39 is 23.6 Å². The fourth-order valence-corrected chi connectivity index (χ4v) is 13.6. The number of likely N-dealkylation sites (tertiary alicyclic amines) is 2. The number of aromatic nitrogens is 5. The monoisotopic (exact) mass is 1020 g/mol. The number of rotatable bonds is 12. The van der Waals surface area contributed by atoms with Crippen LogP contribution in [0.4, 0.5) is 20.3 Å². The molecule has 6 aliphatic heterocycles. The number of imidazole rings is 1. The summed E-state index contributed by atoms with van der Waals surface area (Å²) in [5.41, 5.74) is 2.70. The summed E-state index contributed by atoms with van der Waals surface area (Å²) in [6.07, 6.45) is 20.1. The third-order valence-corrected chi connectivity index (χ3v) is 17.7. The number of carbonyl (C=O) groups is 2. The molecular weight excluding hydrogens is 953 g/mol. The van der Waals surface area contributed by atoms with E-state index in [1.54, 1.807) is 22.4 Å². The van der Waals surface area contributed by atoms with Gasteiger partial charge in [0.05, 0.1) is 22.0 Å². The van der Waals surface area contributed by atoms with Gasteiger partial charge in [-0.1, -0.05) is 12.0 Å². The Kier molecular flexibility index (Phi) is 13.5. The van der Waals surface area contributed by atoms with E-state index in [0.29, 0.717) is 58.6 Å². The van der Waals surface area contributed by atoms with Crippen LogP contribution in [-0.2, 0) is 23.1 Å². The summed E-state index contributed by atoms with van der Waals surface area (Å²) in [6, 6.07) is 11.8. The van der Waals surface area contributed by atoms with Crippen LogP contribution < -0.4 is 26.1 Å². The standard InChI is InChI=1S/C58H67F2N11O4/c1-3-43-46(59)10-6-38-28-42(72)30-44(52(38)43)54-53(60)55-45(31-61-54)56(70-33-39-7-8-40(34-70)62-39)64-50(63-55)5-4-20-67-21-14-35(15-22-67)27-36-16-23-68(24-17-36)32-37-18-25-69(26-19-37)41-9-11-47-49(29-41)66(2)58(75)71(47)48-12-13-51(73)65-57(48)74/h1,6,9-11,28-31,35-37,39-40,48,62,72H,4-5,7-8,12-27,32-34H2,2H3,(H,65,73,74). The second-order valence-corrected chi connectivity index (χ2v) is 22.5. The molecule has 9 heterocycles. The number of halogens is 2. The average molecular weight is 1020 g/mol. The van der Waals surface area contributed by atoms with Crippen molar-refractivity contribution >= 4 is 56.0 Å². The number of fused-ring (bicyclic) bond motifs is 5. The highest BCUT2D eigenvalue weighted by Crippen LogP contribution is 2.40. The molecule has 3 N–H and O–H groups in total. The van der Waals surface area contributed by atoms with Crippen LogP contribution in [0.1, 0.15) is 94.5 Å². The number of hydrogen-bond acceptors (Lipinski definition) is 12. The summed E-state index contributed by atoms with van der Waals surface area (Å²) in [7, 11) is 1.75. The molecule has 12 rings (SSSR count). The first-order valence-corrected chi connectivity index (χ1v) is 27.5. The topological polar surface area (TPSA) is 157 Å². The van der Waals surface area contributed by atoms with Gasteiger partial charge in [-0.05, 0) is 163 Å².